The number of piperidine rings is 1. The van der Waals surface area contributed by atoms with E-state index in [1.807, 2.05) is 0 Å². The van der Waals surface area contributed by atoms with Crippen molar-refractivity contribution in [2.75, 3.05) is 13.1 Å². The highest BCUT2D eigenvalue weighted by Gasteiger charge is 2.25. The van der Waals surface area contributed by atoms with Crippen molar-refractivity contribution in [3.8, 4) is 0 Å². The van der Waals surface area contributed by atoms with Gasteiger partial charge in [0.1, 0.15) is 0 Å². The summed E-state index contributed by atoms with van der Waals surface area (Å²) in [5.41, 5.74) is 5.07. The minimum absolute atomic E-state index is 0.0547. The molecule has 2 N–H and O–H groups in total. The number of hydrogen-bond acceptors (Lipinski definition) is 2. The van der Waals surface area contributed by atoms with Gasteiger partial charge in [0.05, 0.1) is 0 Å². The normalized spacial score (nSPS) is 18.7. The zero-order chi connectivity index (χ0) is 23.3. The Hall–Kier alpha value is -2.59. The van der Waals surface area contributed by atoms with Gasteiger partial charge >= 0.3 is 0 Å². The maximum atomic E-state index is 13.3. The van der Waals surface area contributed by atoms with E-state index in [0.29, 0.717) is 12.5 Å². The van der Waals surface area contributed by atoms with Gasteiger partial charge in [-0.15, -0.1) is 0 Å². The first kappa shape index (κ1) is 23.2. The van der Waals surface area contributed by atoms with Gasteiger partial charge in [0, 0.05) is 42.0 Å². The fourth-order valence-corrected chi connectivity index (χ4v) is 6.08. The first-order chi connectivity index (χ1) is 16.7. The van der Waals surface area contributed by atoms with Gasteiger partial charge in [-0.05, 0) is 68.8 Å². The summed E-state index contributed by atoms with van der Waals surface area (Å²) in [5.74, 6) is 0.986. The third kappa shape index (κ3) is 5.38. The Labute approximate surface area is 204 Å². The van der Waals surface area contributed by atoms with E-state index in [0.717, 1.165) is 38.4 Å². The van der Waals surface area contributed by atoms with Crippen molar-refractivity contribution in [3.05, 3.63) is 71.4 Å². The number of para-hydroxylation sites is 1. The Bertz CT molecular complexity index is 1110. The van der Waals surface area contributed by atoms with Crippen LogP contribution < -0.4 is 10.6 Å². The molecule has 2 heterocycles. The Morgan fingerprint density at radius 3 is 2.62 bits per heavy atom. The first-order valence-electron chi connectivity index (χ1n) is 13.3. The number of aryl methyl sites for hydroxylation is 1. The van der Waals surface area contributed by atoms with Crippen molar-refractivity contribution >= 4 is 16.8 Å². The molecule has 1 amide bonds. The summed E-state index contributed by atoms with van der Waals surface area (Å²) < 4.78 is 2.48. The monoisotopic (exact) mass is 457 g/mol. The predicted octanol–water partition coefficient (Wildman–Crippen LogP) is 5.92. The van der Waals surface area contributed by atoms with Gasteiger partial charge in [-0.25, -0.2) is 0 Å². The number of amides is 1. The molecule has 1 aliphatic heterocycles. The molecule has 4 heteroatoms. The van der Waals surface area contributed by atoms with E-state index < -0.39 is 0 Å². The third-order valence-electron chi connectivity index (χ3n) is 7.91. The first-order valence-corrected chi connectivity index (χ1v) is 13.3. The van der Waals surface area contributed by atoms with E-state index >= 15 is 0 Å². The molecule has 180 valence electrons. The zero-order valence-electron chi connectivity index (χ0n) is 20.6. The molecule has 2 aromatic carbocycles. The van der Waals surface area contributed by atoms with E-state index in [9.17, 15) is 4.79 Å². The quantitative estimate of drug-likeness (QED) is 0.463. The fourth-order valence-electron chi connectivity index (χ4n) is 6.08. The predicted molar refractivity (Wildman–Crippen MR) is 140 cm³/mol. The average Bonchev–Trinajstić information content (AvgIpc) is 3.22. The SMILES string of the molecule is Cc1cccc(C(CC(=O)NC2CCNCC2)c2cn(CC3CCCCC3)c3ccccc23)c1. The summed E-state index contributed by atoms with van der Waals surface area (Å²) in [6.45, 7) is 5.20. The molecule has 2 aliphatic rings. The second-order valence-electron chi connectivity index (χ2n) is 10.5. The van der Waals surface area contributed by atoms with E-state index in [-0.39, 0.29) is 11.8 Å². The lowest BCUT2D eigenvalue weighted by Gasteiger charge is -2.25. The average molecular weight is 458 g/mol. The molecule has 2 fully saturated rings. The highest BCUT2D eigenvalue weighted by Crippen LogP contribution is 2.36. The van der Waals surface area contributed by atoms with Crippen molar-refractivity contribution < 1.29 is 4.79 Å². The lowest BCUT2D eigenvalue weighted by atomic mass is 9.87. The van der Waals surface area contributed by atoms with Crippen LogP contribution in [0.1, 0.15) is 74.0 Å². The number of benzene rings is 2. The lowest BCUT2D eigenvalue weighted by Crippen LogP contribution is -2.43. The summed E-state index contributed by atoms with van der Waals surface area (Å²) in [5, 5.41) is 8.02. The van der Waals surface area contributed by atoms with Crippen molar-refractivity contribution in [2.24, 2.45) is 5.92 Å². The van der Waals surface area contributed by atoms with Gasteiger partial charge in [-0.1, -0.05) is 67.3 Å². The molecule has 0 bridgehead atoms. The van der Waals surface area contributed by atoms with Crippen LogP contribution in [0.25, 0.3) is 10.9 Å². The number of aromatic nitrogens is 1. The van der Waals surface area contributed by atoms with Crippen molar-refractivity contribution in [1.29, 1.82) is 0 Å². The molecule has 1 saturated carbocycles. The summed E-state index contributed by atoms with van der Waals surface area (Å²) in [6, 6.07) is 17.8. The van der Waals surface area contributed by atoms with Gasteiger partial charge in [0.2, 0.25) is 5.91 Å². The topological polar surface area (TPSA) is 46.1 Å². The van der Waals surface area contributed by atoms with E-state index in [1.54, 1.807) is 0 Å². The standard InChI is InChI=1S/C30H39N3O/c1-22-8-7-11-24(18-22)27(19-30(34)32-25-14-16-31-17-15-25)28-21-33(20-23-9-3-2-4-10-23)29-13-6-5-12-26(28)29/h5-8,11-13,18,21,23,25,27,31H,2-4,9-10,14-17,19-20H2,1H3,(H,32,34). The maximum Gasteiger partial charge on any atom is 0.221 e. The number of hydrogen-bond donors (Lipinski definition) is 2. The van der Waals surface area contributed by atoms with E-state index in [1.165, 1.54) is 59.7 Å². The number of fused-ring (bicyclic) bond motifs is 1. The van der Waals surface area contributed by atoms with Crippen LogP contribution in [0.4, 0.5) is 0 Å². The molecule has 34 heavy (non-hydrogen) atoms. The minimum Gasteiger partial charge on any atom is -0.353 e. The molecule has 1 atom stereocenters. The number of nitrogens with zero attached hydrogens (tertiary/aromatic N) is 1. The van der Waals surface area contributed by atoms with Gasteiger partial charge in [-0.3, -0.25) is 4.79 Å². The molecule has 3 aromatic rings. The third-order valence-corrected chi connectivity index (χ3v) is 7.91. The van der Waals surface area contributed by atoms with Crippen LogP contribution in [-0.2, 0) is 11.3 Å². The second-order valence-corrected chi connectivity index (χ2v) is 10.5. The molecule has 1 aliphatic carbocycles. The van der Waals surface area contributed by atoms with E-state index in [2.05, 4.69) is 76.9 Å². The molecular formula is C30H39N3O. The molecule has 1 unspecified atom stereocenters. The van der Waals surface area contributed by atoms with Crippen LogP contribution in [0.15, 0.2) is 54.7 Å². The van der Waals surface area contributed by atoms with Crippen LogP contribution >= 0.6 is 0 Å². The van der Waals surface area contributed by atoms with Gasteiger partial charge in [0.25, 0.3) is 0 Å². The molecule has 1 aromatic heterocycles. The van der Waals surface area contributed by atoms with Crippen LogP contribution in [0.5, 0.6) is 0 Å². The zero-order valence-corrected chi connectivity index (χ0v) is 20.6. The Balaban J connectivity index is 1.47. The van der Waals surface area contributed by atoms with Gasteiger partial charge in [0.15, 0.2) is 0 Å². The number of rotatable bonds is 7. The summed E-state index contributed by atoms with van der Waals surface area (Å²) in [4.78, 5) is 13.3. The highest BCUT2D eigenvalue weighted by atomic mass is 16.1. The van der Waals surface area contributed by atoms with Crippen LogP contribution in [0, 0.1) is 12.8 Å². The fraction of sp³-hybridized carbons (Fsp3) is 0.500. The highest BCUT2D eigenvalue weighted by molar-refractivity contribution is 5.86. The molecule has 1 saturated heterocycles. The summed E-state index contributed by atoms with van der Waals surface area (Å²) in [7, 11) is 0. The number of nitrogens with one attached hydrogen (secondary N) is 2. The van der Waals surface area contributed by atoms with Crippen LogP contribution in [0.2, 0.25) is 0 Å². The largest absolute Gasteiger partial charge is 0.353 e. The maximum absolute atomic E-state index is 13.3. The van der Waals surface area contributed by atoms with Gasteiger partial charge < -0.3 is 15.2 Å². The Kier molecular flexibility index (Phi) is 7.34. The smallest absolute Gasteiger partial charge is 0.221 e. The molecular weight excluding hydrogens is 418 g/mol. The molecule has 4 nitrogen and oxygen atoms in total. The van der Waals surface area contributed by atoms with E-state index in [4.69, 9.17) is 0 Å². The minimum atomic E-state index is 0.0547. The summed E-state index contributed by atoms with van der Waals surface area (Å²) >= 11 is 0. The Morgan fingerprint density at radius 1 is 1.03 bits per heavy atom. The number of carbonyl (C=O) groups excluding carboxylic acids is 1. The van der Waals surface area contributed by atoms with Crippen molar-refractivity contribution in [3.63, 3.8) is 0 Å². The van der Waals surface area contributed by atoms with Crippen LogP contribution in [0.3, 0.4) is 0 Å². The second kappa shape index (κ2) is 10.8. The Morgan fingerprint density at radius 2 is 1.82 bits per heavy atom. The van der Waals surface area contributed by atoms with Crippen molar-refractivity contribution in [2.45, 2.75) is 76.8 Å². The molecule has 5 rings (SSSR count). The van der Waals surface area contributed by atoms with Gasteiger partial charge in [-0.2, -0.15) is 0 Å². The molecule has 0 spiro atoms. The lowest BCUT2D eigenvalue weighted by molar-refractivity contribution is -0.122. The summed E-state index contributed by atoms with van der Waals surface area (Å²) in [6.07, 6.45) is 11.7. The van der Waals surface area contributed by atoms with Crippen LogP contribution in [-0.4, -0.2) is 29.6 Å². The molecule has 0 radical (unpaired) electrons. The van der Waals surface area contributed by atoms with Crippen molar-refractivity contribution in [1.82, 2.24) is 15.2 Å². The number of carbonyl (C=O) groups is 1.